The fourth-order valence-corrected chi connectivity index (χ4v) is 4.73. The largest absolute Gasteiger partial charge is 0.203 e. The number of allylic oxidation sites excluding steroid dienone is 3. The minimum atomic E-state index is -0.907. The molecule has 0 fully saturated rings. The molecule has 4 heteroatoms. The lowest BCUT2D eigenvalue weighted by Gasteiger charge is -2.20. The van der Waals surface area contributed by atoms with E-state index < -0.39 is 23.3 Å². The lowest BCUT2D eigenvalue weighted by Crippen LogP contribution is -2.04. The van der Waals surface area contributed by atoms with Crippen LogP contribution in [-0.4, -0.2) is 0 Å². The number of hydrogen-bond donors (Lipinski definition) is 0. The molecule has 1 aliphatic rings. The Morgan fingerprint density at radius 3 is 1.91 bits per heavy atom. The van der Waals surface area contributed by atoms with Gasteiger partial charge in [0.1, 0.15) is 0 Å². The van der Waals surface area contributed by atoms with E-state index in [4.69, 9.17) is 0 Å². The van der Waals surface area contributed by atoms with Crippen molar-refractivity contribution < 1.29 is 17.6 Å². The molecule has 0 bridgehead atoms. The molecule has 0 radical (unpaired) electrons. The summed E-state index contributed by atoms with van der Waals surface area (Å²) in [6.45, 7) is 5.87. The van der Waals surface area contributed by atoms with Crippen molar-refractivity contribution in [3.05, 3.63) is 102 Å². The van der Waals surface area contributed by atoms with Gasteiger partial charge in [0.05, 0.1) is 0 Å². The highest BCUT2D eigenvalue weighted by Gasteiger charge is 2.20. The highest BCUT2D eigenvalue weighted by molar-refractivity contribution is 5.74. The van der Waals surface area contributed by atoms with E-state index >= 15 is 4.39 Å². The first-order chi connectivity index (χ1) is 16.9. The number of hydrogen-bond acceptors (Lipinski definition) is 0. The van der Waals surface area contributed by atoms with Gasteiger partial charge in [-0.3, -0.25) is 0 Å². The quantitative estimate of drug-likeness (QED) is 0.172. The molecular weight excluding hydrogens is 448 g/mol. The Labute approximate surface area is 205 Å². The fourth-order valence-electron chi connectivity index (χ4n) is 4.73. The molecule has 0 amide bonds. The first kappa shape index (κ1) is 25.0. The summed E-state index contributed by atoms with van der Waals surface area (Å²) >= 11 is 0. The van der Waals surface area contributed by atoms with E-state index in [0.29, 0.717) is 41.0 Å². The molecule has 1 atom stereocenters. The average Bonchev–Trinajstić information content (AvgIpc) is 2.89. The first-order valence-electron chi connectivity index (χ1n) is 12.3. The minimum Gasteiger partial charge on any atom is -0.203 e. The van der Waals surface area contributed by atoms with E-state index in [1.165, 1.54) is 0 Å². The van der Waals surface area contributed by atoms with E-state index in [2.05, 4.69) is 13.5 Å². The third kappa shape index (κ3) is 5.27. The summed E-state index contributed by atoms with van der Waals surface area (Å²) in [7, 11) is 0. The molecule has 0 nitrogen and oxygen atoms in total. The van der Waals surface area contributed by atoms with Crippen LogP contribution in [-0.2, 0) is 6.42 Å². The third-order valence-electron chi connectivity index (χ3n) is 6.93. The molecule has 1 unspecified atom stereocenters. The van der Waals surface area contributed by atoms with Gasteiger partial charge < -0.3 is 0 Å². The maximum Gasteiger partial charge on any atom is 0.167 e. The van der Waals surface area contributed by atoms with Crippen molar-refractivity contribution in [1.29, 1.82) is 0 Å². The van der Waals surface area contributed by atoms with E-state index in [9.17, 15) is 13.2 Å². The van der Waals surface area contributed by atoms with Gasteiger partial charge in [-0.05, 0) is 60.3 Å². The lowest BCUT2D eigenvalue weighted by molar-refractivity contribution is 0.498. The monoisotopic (exact) mass is 478 g/mol. The first-order valence-corrected chi connectivity index (χ1v) is 12.3. The zero-order chi connectivity index (χ0) is 24.9. The number of rotatable bonds is 8. The normalized spacial score (nSPS) is 15.7. The topological polar surface area (TPSA) is 0 Å². The summed E-state index contributed by atoms with van der Waals surface area (Å²) in [5.74, 6) is -3.09. The summed E-state index contributed by atoms with van der Waals surface area (Å²) in [6, 6.07) is 12.8. The molecular formula is C31H30F4. The number of halogens is 4. The van der Waals surface area contributed by atoms with Crippen molar-refractivity contribution in [3.63, 3.8) is 0 Å². The fraction of sp³-hybridized carbons (Fsp3) is 0.290. The third-order valence-corrected chi connectivity index (χ3v) is 6.93. The summed E-state index contributed by atoms with van der Waals surface area (Å²) in [6.07, 6.45) is 9.49. The molecule has 3 aromatic carbocycles. The van der Waals surface area contributed by atoms with Crippen LogP contribution in [0.5, 0.6) is 0 Å². The van der Waals surface area contributed by atoms with Crippen molar-refractivity contribution in [2.24, 2.45) is 5.92 Å². The maximum absolute atomic E-state index is 15.0. The van der Waals surface area contributed by atoms with Gasteiger partial charge in [-0.1, -0.05) is 80.4 Å². The second-order valence-corrected chi connectivity index (χ2v) is 9.22. The minimum absolute atomic E-state index is 0.135. The van der Waals surface area contributed by atoms with Crippen LogP contribution >= 0.6 is 0 Å². The van der Waals surface area contributed by atoms with Gasteiger partial charge >= 0.3 is 0 Å². The van der Waals surface area contributed by atoms with E-state index in [1.807, 2.05) is 12.2 Å². The van der Waals surface area contributed by atoms with Crippen molar-refractivity contribution in [2.45, 2.75) is 51.9 Å². The van der Waals surface area contributed by atoms with Crippen molar-refractivity contribution in [1.82, 2.24) is 0 Å². The average molecular weight is 479 g/mol. The van der Waals surface area contributed by atoms with Crippen LogP contribution in [0.1, 0.15) is 56.6 Å². The van der Waals surface area contributed by atoms with Crippen molar-refractivity contribution in [3.8, 4) is 22.3 Å². The van der Waals surface area contributed by atoms with Crippen LogP contribution in [0.25, 0.3) is 27.8 Å². The summed E-state index contributed by atoms with van der Waals surface area (Å²) in [4.78, 5) is 0. The summed E-state index contributed by atoms with van der Waals surface area (Å²) < 4.78 is 59.3. The van der Waals surface area contributed by atoms with Crippen LogP contribution in [0, 0.1) is 29.2 Å². The van der Waals surface area contributed by atoms with Gasteiger partial charge in [-0.2, -0.15) is 0 Å². The van der Waals surface area contributed by atoms with Crippen molar-refractivity contribution in [2.75, 3.05) is 0 Å². The Morgan fingerprint density at radius 1 is 0.771 bits per heavy atom. The Bertz CT molecular complexity index is 1240. The second-order valence-electron chi connectivity index (χ2n) is 9.22. The number of aryl methyl sites for hydroxylation is 1. The Balaban J connectivity index is 1.58. The van der Waals surface area contributed by atoms with Gasteiger partial charge in [-0.15, -0.1) is 6.58 Å². The van der Waals surface area contributed by atoms with E-state index in [-0.39, 0.29) is 11.1 Å². The van der Waals surface area contributed by atoms with Crippen LogP contribution in [0.2, 0.25) is 0 Å². The number of unbranched alkanes of at least 4 members (excludes halogenated alkanes) is 2. The van der Waals surface area contributed by atoms with Crippen LogP contribution in [0.15, 0.2) is 67.3 Å². The molecule has 0 saturated carbocycles. The molecule has 0 spiro atoms. The molecule has 4 rings (SSSR count). The molecule has 0 aromatic heterocycles. The molecule has 0 N–H and O–H groups in total. The smallest absolute Gasteiger partial charge is 0.167 e. The van der Waals surface area contributed by atoms with E-state index in [1.54, 1.807) is 48.5 Å². The highest BCUT2D eigenvalue weighted by Crippen LogP contribution is 2.36. The maximum atomic E-state index is 15.0. The Kier molecular flexibility index (Phi) is 7.90. The van der Waals surface area contributed by atoms with Crippen LogP contribution in [0.3, 0.4) is 0 Å². The van der Waals surface area contributed by atoms with Crippen LogP contribution in [0.4, 0.5) is 17.6 Å². The molecule has 3 aromatic rings. The predicted molar refractivity (Wildman–Crippen MR) is 136 cm³/mol. The molecule has 0 heterocycles. The van der Waals surface area contributed by atoms with Crippen molar-refractivity contribution >= 4 is 5.57 Å². The molecule has 182 valence electrons. The standard InChI is InChI=1S/C31H30F4/c1-3-5-6-7-24-16-17-25(29(33)28(24)32)22-12-14-23(15-13-22)27-19-18-26(30(34)31(27)35)21-10-8-20(4-2)9-11-21/h4,10,12-20H,2-3,5-9,11H2,1H3. The summed E-state index contributed by atoms with van der Waals surface area (Å²) in [5.41, 5.74) is 2.72. The Hall–Kier alpha value is -3.14. The zero-order valence-corrected chi connectivity index (χ0v) is 20.0. The van der Waals surface area contributed by atoms with E-state index in [0.717, 1.165) is 37.7 Å². The highest BCUT2D eigenvalue weighted by atomic mass is 19.2. The predicted octanol–water partition coefficient (Wildman–Crippen LogP) is 9.68. The second kappa shape index (κ2) is 11.1. The van der Waals surface area contributed by atoms with Crippen LogP contribution < -0.4 is 0 Å². The summed E-state index contributed by atoms with van der Waals surface area (Å²) in [5, 5.41) is 0. The number of benzene rings is 3. The molecule has 0 aliphatic heterocycles. The zero-order valence-electron chi connectivity index (χ0n) is 20.0. The van der Waals surface area contributed by atoms with Gasteiger partial charge in [0.2, 0.25) is 0 Å². The van der Waals surface area contributed by atoms with Gasteiger partial charge in [-0.25, -0.2) is 17.6 Å². The Morgan fingerprint density at radius 2 is 1.34 bits per heavy atom. The molecule has 35 heavy (non-hydrogen) atoms. The van der Waals surface area contributed by atoms with Gasteiger partial charge in [0, 0.05) is 16.7 Å². The lowest BCUT2D eigenvalue weighted by atomic mass is 9.86. The SMILES string of the molecule is C=CC1CC=C(c2ccc(-c3ccc(-c4ccc(CCCCC)c(F)c4F)cc3)c(F)c2F)CC1. The van der Waals surface area contributed by atoms with Gasteiger partial charge in [0.25, 0.3) is 0 Å². The molecule has 0 saturated heterocycles. The van der Waals surface area contributed by atoms with Gasteiger partial charge in [0.15, 0.2) is 23.3 Å². The molecule has 1 aliphatic carbocycles.